The first-order valence-electron chi connectivity index (χ1n) is 8.79. The number of hydrogen-bond donors (Lipinski definition) is 3. The SMILES string of the molecule is COc1cccc(NC(=S)NCCc2cc3ccc(C)c(C)c3[nH]c2=O)c1. The predicted octanol–water partition coefficient (Wildman–Crippen LogP) is 3.68. The number of aromatic amines is 1. The molecule has 0 aliphatic heterocycles. The molecule has 2 aromatic carbocycles. The summed E-state index contributed by atoms with van der Waals surface area (Å²) in [6.45, 7) is 4.63. The normalized spacial score (nSPS) is 10.6. The van der Waals surface area contributed by atoms with Crippen LogP contribution >= 0.6 is 12.2 Å². The van der Waals surface area contributed by atoms with Gasteiger partial charge < -0.3 is 20.4 Å². The van der Waals surface area contributed by atoms with Gasteiger partial charge in [0.1, 0.15) is 5.75 Å². The van der Waals surface area contributed by atoms with Crippen LogP contribution in [-0.2, 0) is 6.42 Å². The summed E-state index contributed by atoms with van der Waals surface area (Å²) in [6.07, 6.45) is 0.581. The fourth-order valence-corrected chi connectivity index (χ4v) is 3.16. The van der Waals surface area contributed by atoms with Crippen LogP contribution in [0.3, 0.4) is 0 Å². The van der Waals surface area contributed by atoms with E-state index in [1.54, 1.807) is 7.11 Å². The largest absolute Gasteiger partial charge is 0.497 e. The standard InChI is InChI=1S/C21H23N3O2S/c1-13-7-8-15-11-16(20(25)24-19(15)14(13)2)9-10-22-21(27)23-17-5-4-6-18(12-17)26-3/h4-8,11-12H,9-10H2,1-3H3,(H,24,25)(H2,22,23,27). The van der Waals surface area contributed by atoms with Crippen molar-refractivity contribution in [2.75, 3.05) is 19.0 Å². The molecule has 0 saturated heterocycles. The lowest BCUT2D eigenvalue weighted by Crippen LogP contribution is -2.31. The monoisotopic (exact) mass is 381 g/mol. The summed E-state index contributed by atoms with van der Waals surface area (Å²) in [7, 11) is 1.62. The van der Waals surface area contributed by atoms with Gasteiger partial charge in [-0.2, -0.15) is 0 Å². The second kappa shape index (κ2) is 8.22. The van der Waals surface area contributed by atoms with Crippen molar-refractivity contribution in [1.29, 1.82) is 0 Å². The molecule has 5 nitrogen and oxygen atoms in total. The van der Waals surface area contributed by atoms with Crippen LogP contribution in [0.2, 0.25) is 0 Å². The van der Waals surface area contributed by atoms with Gasteiger partial charge in [0.15, 0.2) is 5.11 Å². The first-order valence-corrected chi connectivity index (χ1v) is 9.20. The van der Waals surface area contributed by atoms with E-state index in [1.807, 2.05) is 50.2 Å². The Hall–Kier alpha value is -2.86. The molecule has 0 aliphatic carbocycles. The van der Waals surface area contributed by atoms with Crippen LogP contribution in [0.15, 0.2) is 47.3 Å². The zero-order valence-corrected chi connectivity index (χ0v) is 16.5. The highest BCUT2D eigenvalue weighted by Crippen LogP contribution is 2.19. The van der Waals surface area contributed by atoms with Gasteiger partial charge >= 0.3 is 0 Å². The lowest BCUT2D eigenvalue weighted by Gasteiger charge is -2.12. The van der Waals surface area contributed by atoms with Crippen LogP contribution in [0, 0.1) is 13.8 Å². The maximum Gasteiger partial charge on any atom is 0.251 e. The molecule has 3 rings (SSSR count). The van der Waals surface area contributed by atoms with Crippen molar-refractivity contribution in [1.82, 2.24) is 10.3 Å². The Kier molecular flexibility index (Phi) is 5.76. The van der Waals surface area contributed by atoms with E-state index in [2.05, 4.69) is 21.7 Å². The topological polar surface area (TPSA) is 66.2 Å². The van der Waals surface area contributed by atoms with Crippen LogP contribution in [0.5, 0.6) is 5.75 Å². The molecular formula is C21H23N3O2S. The van der Waals surface area contributed by atoms with Crippen molar-refractivity contribution in [3.8, 4) is 5.75 Å². The molecule has 3 N–H and O–H groups in total. The number of H-pyrrole nitrogens is 1. The van der Waals surface area contributed by atoms with E-state index in [4.69, 9.17) is 17.0 Å². The van der Waals surface area contributed by atoms with Crippen LogP contribution in [0.4, 0.5) is 5.69 Å². The average Bonchev–Trinajstić information content (AvgIpc) is 2.66. The first kappa shape index (κ1) is 18.9. The van der Waals surface area contributed by atoms with Gasteiger partial charge in [0.05, 0.1) is 12.6 Å². The van der Waals surface area contributed by atoms with Gasteiger partial charge in [-0.1, -0.05) is 18.2 Å². The van der Waals surface area contributed by atoms with Crippen molar-refractivity contribution >= 4 is 33.9 Å². The molecule has 0 aliphatic rings. The average molecular weight is 382 g/mol. The molecule has 0 bridgehead atoms. The van der Waals surface area contributed by atoms with Crippen molar-refractivity contribution in [2.45, 2.75) is 20.3 Å². The first-order chi connectivity index (χ1) is 13.0. The van der Waals surface area contributed by atoms with E-state index in [9.17, 15) is 4.79 Å². The third-order valence-corrected chi connectivity index (χ3v) is 4.88. The second-order valence-electron chi connectivity index (χ2n) is 6.46. The lowest BCUT2D eigenvalue weighted by molar-refractivity contribution is 0.415. The Bertz CT molecular complexity index is 1040. The van der Waals surface area contributed by atoms with Gasteiger partial charge in [-0.05, 0) is 67.2 Å². The Morgan fingerprint density at radius 3 is 2.78 bits per heavy atom. The smallest absolute Gasteiger partial charge is 0.251 e. The third kappa shape index (κ3) is 4.46. The number of fused-ring (bicyclic) bond motifs is 1. The maximum atomic E-state index is 12.4. The molecule has 0 spiro atoms. The summed E-state index contributed by atoms with van der Waals surface area (Å²) in [4.78, 5) is 15.4. The Morgan fingerprint density at radius 2 is 2.00 bits per heavy atom. The van der Waals surface area contributed by atoms with E-state index < -0.39 is 0 Å². The molecule has 140 valence electrons. The number of ether oxygens (including phenoxy) is 1. The summed E-state index contributed by atoms with van der Waals surface area (Å²) in [6, 6.07) is 13.6. The number of nitrogens with one attached hydrogen (secondary N) is 3. The molecule has 0 unspecified atom stereocenters. The number of thiocarbonyl (C=S) groups is 1. The van der Waals surface area contributed by atoms with Gasteiger partial charge in [-0.3, -0.25) is 4.79 Å². The summed E-state index contributed by atoms with van der Waals surface area (Å²) in [5.74, 6) is 0.760. The van der Waals surface area contributed by atoms with Crippen molar-refractivity contribution in [3.63, 3.8) is 0 Å². The highest BCUT2D eigenvalue weighted by atomic mass is 32.1. The van der Waals surface area contributed by atoms with Gasteiger partial charge in [-0.25, -0.2) is 0 Å². The number of anilines is 1. The maximum absolute atomic E-state index is 12.4. The molecule has 0 atom stereocenters. The Balaban J connectivity index is 1.63. The highest BCUT2D eigenvalue weighted by Gasteiger charge is 2.07. The minimum Gasteiger partial charge on any atom is -0.497 e. The van der Waals surface area contributed by atoms with Gasteiger partial charge in [-0.15, -0.1) is 0 Å². The zero-order valence-electron chi connectivity index (χ0n) is 15.7. The molecule has 1 aromatic heterocycles. The molecule has 3 aromatic rings. The van der Waals surface area contributed by atoms with Gasteiger partial charge in [0.2, 0.25) is 0 Å². The van der Waals surface area contributed by atoms with Crippen molar-refractivity contribution < 1.29 is 4.74 Å². The van der Waals surface area contributed by atoms with Crippen LogP contribution in [-0.4, -0.2) is 23.8 Å². The third-order valence-electron chi connectivity index (χ3n) is 4.64. The molecule has 0 saturated carbocycles. The number of rotatable bonds is 5. The number of aromatic nitrogens is 1. The van der Waals surface area contributed by atoms with Crippen molar-refractivity contribution in [3.05, 3.63) is 69.5 Å². The summed E-state index contributed by atoms with van der Waals surface area (Å²) >= 11 is 5.32. The molecule has 0 amide bonds. The van der Waals surface area contributed by atoms with Crippen LogP contribution in [0.1, 0.15) is 16.7 Å². The summed E-state index contributed by atoms with van der Waals surface area (Å²) < 4.78 is 5.20. The minimum absolute atomic E-state index is 0.0512. The quantitative estimate of drug-likeness (QED) is 0.589. The summed E-state index contributed by atoms with van der Waals surface area (Å²) in [5.41, 5.74) is 4.72. The fraction of sp³-hybridized carbons (Fsp3) is 0.238. The molecular weight excluding hydrogens is 358 g/mol. The van der Waals surface area contributed by atoms with E-state index in [0.717, 1.165) is 33.5 Å². The number of aryl methyl sites for hydroxylation is 2. The Labute approximate surface area is 163 Å². The van der Waals surface area contributed by atoms with Crippen molar-refractivity contribution in [2.24, 2.45) is 0 Å². The van der Waals surface area contributed by atoms with Gasteiger partial charge in [0.25, 0.3) is 5.56 Å². The number of methoxy groups -OCH3 is 1. The van der Waals surface area contributed by atoms with E-state index in [1.165, 1.54) is 5.56 Å². The number of hydrogen-bond acceptors (Lipinski definition) is 3. The fourth-order valence-electron chi connectivity index (χ4n) is 2.94. The molecule has 0 fully saturated rings. The van der Waals surface area contributed by atoms with E-state index >= 15 is 0 Å². The molecule has 1 heterocycles. The highest BCUT2D eigenvalue weighted by molar-refractivity contribution is 7.80. The van der Waals surface area contributed by atoms with E-state index in [0.29, 0.717) is 18.1 Å². The predicted molar refractivity (Wildman–Crippen MR) is 115 cm³/mol. The Morgan fingerprint density at radius 1 is 1.19 bits per heavy atom. The van der Waals surface area contributed by atoms with Crippen LogP contribution < -0.4 is 20.9 Å². The minimum atomic E-state index is -0.0512. The zero-order chi connectivity index (χ0) is 19.4. The second-order valence-corrected chi connectivity index (χ2v) is 6.87. The molecule has 0 radical (unpaired) electrons. The lowest BCUT2D eigenvalue weighted by atomic mass is 10.0. The number of pyridine rings is 1. The summed E-state index contributed by atoms with van der Waals surface area (Å²) in [5, 5.41) is 7.81. The van der Waals surface area contributed by atoms with Crippen LogP contribution in [0.25, 0.3) is 10.9 Å². The number of benzene rings is 2. The van der Waals surface area contributed by atoms with Gasteiger partial charge in [0, 0.05) is 23.9 Å². The van der Waals surface area contributed by atoms with E-state index in [-0.39, 0.29) is 5.56 Å². The molecule has 6 heteroatoms. The molecule has 27 heavy (non-hydrogen) atoms.